The summed E-state index contributed by atoms with van der Waals surface area (Å²) in [6.07, 6.45) is 1.65. The van der Waals surface area contributed by atoms with E-state index in [1.54, 1.807) is 12.3 Å². The Morgan fingerprint density at radius 3 is 2.73 bits per heavy atom. The Bertz CT molecular complexity index is 321. The first kappa shape index (κ1) is 10.5. The van der Waals surface area contributed by atoms with Gasteiger partial charge in [0, 0.05) is 38.9 Å². The maximum Gasteiger partial charge on any atom is 0.146 e. The first-order valence-corrected chi connectivity index (χ1v) is 5.26. The lowest BCUT2D eigenvalue weighted by Crippen LogP contribution is -2.44. The maximum absolute atomic E-state index is 13.3. The van der Waals surface area contributed by atoms with Gasteiger partial charge in [0.2, 0.25) is 0 Å². The fraction of sp³-hybridized carbons (Fsp3) is 0.545. The summed E-state index contributed by atoms with van der Waals surface area (Å²) in [5, 5.41) is 0. The second kappa shape index (κ2) is 4.68. The van der Waals surface area contributed by atoms with Crippen molar-refractivity contribution in [2.24, 2.45) is 0 Å². The molecule has 1 fully saturated rings. The summed E-state index contributed by atoms with van der Waals surface area (Å²) in [4.78, 5) is 8.59. The molecule has 2 rings (SSSR count). The highest BCUT2D eigenvalue weighted by Gasteiger charge is 2.15. The number of nitrogens with zero attached hydrogens (tertiary/aromatic N) is 3. The Labute approximate surface area is 89.5 Å². The quantitative estimate of drug-likeness (QED) is 0.723. The lowest BCUT2D eigenvalue weighted by Gasteiger charge is -2.32. The van der Waals surface area contributed by atoms with Gasteiger partial charge >= 0.3 is 0 Å². The third kappa shape index (κ3) is 2.73. The van der Waals surface area contributed by atoms with Crippen LogP contribution in [0.2, 0.25) is 0 Å². The minimum absolute atomic E-state index is 0.198. The van der Waals surface area contributed by atoms with Crippen LogP contribution in [0.5, 0.6) is 0 Å². The van der Waals surface area contributed by atoms with E-state index in [1.165, 1.54) is 6.07 Å². The van der Waals surface area contributed by atoms with Crippen LogP contribution in [0.3, 0.4) is 0 Å². The summed E-state index contributed by atoms with van der Waals surface area (Å²) in [6, 6.07) is 3.10. The van der Waals surface area contributed by atoms with Crippen LogP contribution in [0.1, 0.15) is 5.69 Å². The molecular formula is C11H16FN3. The molecule has 0 spiro atoms. The highest BCUT2D eigenvalue weighted by Crippen LogP contribution is 2.08. The summed E-state index contributed by atoms with van der Waals surface area (Å²) < 4.78 is 13.3. The Hall–Kier alpha value is -1.00. The van der Waals surface area contributed by atoms with Crippen molar-refractivity contribution in [3.63, 3.8) is 0 Å². The molecule has 0 aromatic carbocycles. The maximum atomic E-state index is 13.3. The third-order valence-corrected chi connectivity index (χ3v) is 2.80. The number of hydrogen-bond acceptors (Lipinski definition) is 3. The number of hydrogen-bond donors (Lipinski definition) is 0. The van der Waals surface area contributed by atoms with E-state index in [1.807, 2.05) is 0 Å². The summed E-state index contributed by atoms with van der Waals surface area (Å²) in [5.41, 5.74) is 0.557. The van der Waals surface area contributed by atoms with Crippen LogP contribution in [0.25, 0.3) is 0 Å². The highest BCUT2D eigenvalue weighted by molar-refractivity contribution is 5.06. The zero-order chi connectivity index (χ0) is 10.7. The molecule has 4 heteroatoms. The van der Waals surface area contributed by atoms with Gasteiger partial charge in [-0.15, -0.1) is 0 Å². The van der Waals surface area contributed by atoms with Gasteiger partial charge in [-0.3, -0.25) is 9.88 Å². The number of rotatable bonds is 2. The Morgan fingerprint density at radius 1 is 1.33 bits per heavy atom. The SMILES string of the molecule is CN1CCN(Cc2ncccc2F)CC1. The van der Waals surface area contributed by atoms with E-state index < -0.39 is 0 Å². The Kier molecular flexibility index (Phi) is 3.28. The fourth-order valence-electron chi connectivity index (χ4n) is 1.75. The zero-order valence-corrected chi connectivity index (χ0v) is 8.99. The van der Waals surface area contributed by atoms with Crippen molar-refractivity contribution in [2.45, 2.75) is 6.54 Å². The third-order valence-electron chi connectivity index (χ3n) is 2.80. The minimum Gasteiger partial charge on any atom is -0.304 e. The van der Waals surface area contributed by atoms with Gasteiger partial charge in [0.05, 0.1) is 5.69 Å². The molecule has 0 aliphatic carbocycles. The molecule has 1 aromatic heterocycles. The highest BCUT2D eigenvalue weighted by atomic mass is 19.1. The molecule has 2 heterocycles. The fourth-order valence-corrected chi connectivity index (χ4v) is 1.75. The first-order chi connectivity index (χ1) is 7.25. The molecule has 0 amide bonds. The summed E-state index contributed by atoms with van der Waals surface area (Å²) >= 11 is 0. The molecule has 0 radical (unpaired) electrons. The number of aromatic nitrogens is 1. The number of pyridine rings is 1. The van der Waals surface area contributed by atoms with Crippen LogP contribution in [-0.4, -0.2) is 48.0 Å². The smallest absolute Gasteiger partial charge is 0.146 e. The van der Waals surface area contributed by atoms with Crippen molar-refractivity contribution in [3.8, 4) is 0 Å². The van der Waals surface area contributed by atoms with E-state index in [0.29, 0.717) is 12.2 Å². The molecule has 0 saturated carbocycles. The van der Waals surface area contributed by atoms with E-state index >= 15 is 0 Å². The molecule has 0 atom stereocenters. The van der Waals surface area contributed by atoms with Crippen molar-refractivity contribution in [2.75, 3.05) is 33.2 Å². The minimum atomic E-state index is -0.198. The predicted molar refractivity (Wildman–Crippen MR) is 57.0 cm³/mol. The standard InChI is InChI=1S/C11H16FN3/c1-14-5-7-15(8-6-14)9-11-10(12)3-2-4-13-11/h2-4H,5-9H2,1H3. The largest absolute Gasteiger partial charge is 0.304 e. The monoisotopic (exact) mass is 209 g/mol. The summed E-state index contributed by atoms with van der Waals surface area (Å²) in [7, 11) is 2.11. The molecule has 15 heavy (non-hydrogen) atoms. The van der Waals surface area contributed by atoms with E-state index in [0.717, 1.165) is 26.2 Å². The van der Waals surface area contributed by atoms with Crippen molar-refractivity contribution in [1.82, 2.24) is 14.8 Å². The van der Waals surface area contributed by atoms with Crippen LogP contribution in [0.15, 0.2) is 18.3 Å². The average molecular weight is 209 g/mol. The molecule has 3 nitrogen and oxygen atoms in total. The van der Waals surface area contributed by atoms with Gasteiger partial charge in [0.15, 0.2) is 0 Å². The summed E-state index contributed by atoms with van der Waals surface area (Å²) in [6.45, 7) is 4.71. The van der Waals surface area contributed by atoms with Crippen molar-refractivity contribution in [1.29, 1.82) is 0 Å². The molecule has 0 bridgehead atoms. The molecule has 0 unspecified atom stereocenters. The van der Waals surface area contributed by atoms with E-state index in [2.05, 4.69) is 21.8 Å². The Morgan fingerprint density at radius 2 is 2.07 bits per heavy atom. The van der Waals surface area contributed by atoms with Gasteiger partial charge in [-0.25, -0.2) is 4.39 Å². The van der Waals surface area contributed by atoms with Crippen LogP contribution in [-0.2, 0) is 6.54 Å². The van der Waals surface area contributed by atoms with Gasteiger partial charge < -0.3 is 4.90 Å². The van der Waals surface area contributed by atoms with Crippen LogP contribution in [0.4, 0.5) is 4.39 Å². The number of halogens is 1. The first-order valence-electron chi connectivity index (χ1n) is 5.26. The van der Waals surface area contributed by atoms with Gasteiger partial charge in [-0.1, -0.05) is 0 Å². The molecule has 1 aliphatic rings. The topological polar surface area (TPSA) is 19.4 Å². The van der Waals surface area contributed by atoms with Crippen molar-refractivity contribution < 1.29 is 4.39 Å². The van der Waals surface area contributed by atoms with Gasteiger partial charge in [-0.05, 0) is 19.2 Å². The molecule has 1 aromatic rings. The van der Waals surface area contributed by atoms with Crippen LogP contribution in [0, 0.1) is 5.82 Å². The Balaban J connectivity index is 1.95. The van der Waals surface area contributed by atoms with Gasteiger partial charge in [-0.2, -0.15) is 0 Å². The second-order valence-corrected chi connectivity index (χ2v) is 4.01. The van der Waals surface area contributed by atoms with Gasteiger partial charge in [0.25, 0.3) is 0 Å². The average Bonchev–Trinajstić information content (AvgIpc) is 2.25. The molecule has 1 saturated heterocycles. The second-order valence-electron chi connectivity index (χ2n) is 4.01. The van der Waals surface area contributed by atoms with E-state index in [9.17, 15) is 4.39 Å². The van der Waals surface area contributed by atoms with Crippen molar-refractivity contribution >= 4 is 0 Å². The number of likely N-dealkylation sites (N-methyl/N-ethyl adjacent to an activating group) is 1. The normalized spacial score (nSPS) is 19.3. The van der Waals surface area contributed by atoms with E-state index in [4.69, 9.17) is 0 Å². The molecule has 82 valence electrons. The predicted octanol–water partition coefficient (Wildman–Crippen LogP) is 0.968. The van der Waals surface area contributed by atoms with Crippen LogP contribution < -0.4 is 0 Å². The molecule has 1 aliphatic heterocycles. The van der Waals surface area contributed by atoms with E-state index in [-0.39, 0.29) is 5.82 Å². The molecular weight excluding hydrogens is 193 g/mol. The zero-order valence-electron chi connectivity index (χ0n) is 8.99. The summed E-state index contributed by atoms with van der Waals surface area (Å²) in [5.74, 6) is -0.198. The van der Waals surface area contributed by atoms with Crippen molar-refractivity contribution in [3.05, 3.63) is 29.8 Å². The number of piperazine rings is 1. The molecule has 0 N–H and O–H groups in total. The lowest BCUT2D eigenvalue weighted by atomic mass is 10.2. The lowest BCUT2D eigenvalue weighted by molar-refractivity contribution is 0.145. The van der Waals surface area contributed by atoms with Crippen LogP contribution >= 0.6 is 0 Å². The van der Waals surface area contributed by atoms with Gasteiger partial charge in [0.1, 0.15) is 5.82 Å².